The monoisotopic (exact) mass is 242 g/mol. The Labute approximate surface area is 105 Å². The highest BCUT2D eigenvalue weighted by atomic mass is 32.2. The lowest BCUT2D eigenvalue weighted by molar-refractivity contribution is 0.0402. The van der Waals surface area contributed by atoms with Gasteiger partial charge in [-0.2, -0.15) is 11.8 Å². The van der Waals surface area contributed by atoms with Gasteiger partial charge in [-0.15, -0.1) is 0 Å². The summed E-state index contributed by atoms with van der Waals surface area (Å²) < 4.78 is 0. The fourth-order valence-corrected chi connectivity index (χ4v) is 3.33. The molecule has 0 aromatic carbocycles. The lowest BCUT2D eigenvalue weighted by Gasteiger charge is -2.48. The lowest BCUT2D eigenvalue weighted by atomic mass is 9.89. The number of nitrogens with one attached hydrogen (secondary N) is 1. The zero-order valence-corrected chi connectivity index (χ0v) is 11.8. The summed E-state index contributed by atoms with van der Waals surface area (Å²) in [5.41, 5.74) is 0.446. The molecular weight excluding hydrogens is 216 g/mol. The Morgan fingerprint density at radius 2 is 2.19 bits per heavy atom. The molecule has 94 valence electrons. The van der Waals surface area contributed by atoms with Gasteiger partial charge in [0.1, 0.15) is 0 Å². The van der Waals surface area contributed by atoms with Crippen LogP contribution >= 0.6 is 11.8 Å². The molecule has 1 heterocycles. The largest absolute Gasteiger partial charge is 0.311 e. The number of hydrogen-bond donors (Lipinski definition) is 1. The molecule has 1 N–H and O–H groups in total. The zero-order valence-electron chi connectivity index (χ0n) is 11.0. The number of rotatable bonds is 5. The molecule has 2 fully saturated rings. The number of thioether (sulfide) groups is 1. The van der Waals surface area contributed by atoms with Crippen LogP contribution in [-0.2, 0) is 0 Å². The van der Waals surface area contributed by atoms with Gasteiger partial charge in [0.05, 0.1) is 0 Å². The van der Waals surface area contributed by atoms with Gasteiger partial charge in [-0.1, -0.05) is 6.92 Å². The highest BCUT2D eigenvalue weighted by molar-refractivity contribution is 7.98. The third-order valence-corrected chi connectivity index (χ3v) is 5.02. The Morgan fingerprint density at radius 3 is 2.75 bits per heavy atom. The normalized spacial score (nSPS) is 36.6. The number of hydrogen-bond acceptors (Lipinski definition) is 3. The van der Waals surface area contributed by atoms with Crippen LogP contribution in [0.5, 0.6) is 0 Å². The van der Waals surface area contributed by atoms with Crippen LogP contribution in [0.1, 0.15) is 33.1 Å². The summed E-state index contributed by atoms with van der Waals surface area (Å²) in [5, 5.41) is 3.74. The molecular formula is C13H26N2S. The van der Waals surface area contributed by atoms with Crippen molar-refractivity contribution in [3.63, 3.8) is 0 Å². The maximum absolute atomic E-state index is 3.74. The van der Waals surface area contributed by atoms with Crippen LogP contribution in [0.25, 0.3) is 0 Å². The third-order valence-electron chi connectivity index (χ3n) is 4.43. The van der Waals surface area contributed by atoms with E-state index in [1.54, 1.807) is 0 Å². The average Bonchev–Trinajstić information content (AvgIpc) is 3.12. The highest BCUT2D eigenvalue weighted by Gasteiger charge is 2.47. The van der Waals surface area contributed by atoms with E-state index in [4.69, 9.17) is 0 Å². The second-order valence-corrected chi connectivity index (χ2v) is 6.54. The Morgan fingerprint density at radius 1 is 1.44 bits per heavy atom. The minimum atomic E-state index is 0.446. The molecule has 1 saturated carbocycles. The molecule has 0 bridgehead atoms. The van der Waals surface area contributed by atoms with Crippen LogP contribution < -0.4 is 5.32 Å². The average molecular weight is 242 g/mol. The van der Waals surface area contributed by atoms with Crippen LogP contribution in [0, 0.1) is 5.92 Å². The molecule has 2 unspecified atom stereocenters. The van der Waals surface area contributed by atoms with Crippen LogP contribution in [0.4, 0.5) is 0 Å². The van der Waals surface area contributed by atoms with E-state index < -0.39 is 0 Å². The van der Waals surface area contributed by atoms with Gasteiger partial charge in [0.25, 0.3) is 0 Å². The predicted molar refractivity (Wildman–Crippen MR) is 73.2 cm³/mol. The first-order chi connectivity index (χ1) is 7.70. The molecule has 0 radical (unpaired) electrons. The second-order valence-electron chi connectivity index (χ2n) is 5.56. The summed E-state index contributed by atoms with van der Waals surface area (Å²) in [6, 6.07) is 0.716. The molecule has 16 heavy (non-hydrogen) atoms. The summed E-state index contributed by atoms with van der Waals surface area (Å²) in [6.07, 6.45) is 6.37. The molecule has 2 atom stereocenters. The lowest BCUT2D eigenvalue weighted by Crippen LogP contribution is -2.64. The van der Waals surface area contributed by atoms with Crippen molar-refractivity contribution >= 4 is 11.8 Å². The van der Waals surface area contributed by atoms with Crippen molar-refractivity contribution < 1.29 is 0 Å². The third kappa shape index (κ3) is 2.57. The van der Waals surface area contributed by atoms with E-state index in [1.807, 2.05) is 11.8 Å². The SMILES string of the molecule is CCC1CN(CCSC)C(C)(C2CC2)CN1. The molecule has 2 nitrogen and oxygen atoms in total. The Bertz CT molecular complexity index is 230. The van der Waals surface area contributed by atoms with Crippen molar-refractivity contribution in [2.24, 2.45) is 5.92 Å². The van der Waals surface area contributed by atoms with Crippen molar-refractivity contribution in [3.8, 4) is 0 Å². The first-order valence-corrected chi connectivity index (χ1v) is 8.07. The van der Waals surface area contributed by atoms with Gasteiger partial charge in [-0.05, 0) is 38.4 Å². The standard InChI is InChI=1S/C13H26N2S/c1-4-12-9-15(7-8-16-3)13(2,10-14-12)11-5-6-11/h11-12,14H,4-10H2,1-3H3. The topological polar surface area (TPSA) is 15.3 Å². The van der Waals surface area contributed by atoms with E-state index in [2.05, 4.69) is 30.3 Å². The quantitative estimate of drug-likeness (QED) is 0.796. The van der Waals surface area contributed by atoms with Gasteiger partial charge in [-0.25, -0.2) is 0 Å². The summed E-state index contributed by atoms with van der Waals surface area (Å²) in [5.74, 6) is 2.23. The molecule has 0 aromatic heterocycles. The molecule has 1 aliphatic carbocycles. The van der Waals surface area contributed by atoms with Crippen molar-refractivity contribution in [1.82, 2.24) is 10.2 Å². The molecule has 0 spiro atoms. The van der Waals surface area contributed by atoms with Gasteiger partial charge < -0.3 is 5.32 Å². The summed E-state index contributed by atoms with van der Waals surface area (Å²) in [6.45, 7) is 8.50. The molecule has 3 heteroatoms. The molecule has 2 aliphatic rings. The van der Waals surface area contributed by atoms with Crippen LogP contribution in [-0.4, -0.2) is 48.1 Å². The van der Waals surface area contributed by atoms with Crippen molar-refractivity contribution in [1.29, 1.82) is 0 Å². The first kappa shape index (κ1) is 12.7. The van der Waals surface area contributed by atoms with Crippen LogP contribution in [0.15, 0.2) is 0 Å². The maximum atomic E-state index is 3.74. The molecule has 0 aromatic rings. The molecule has 2 rings (SSSR count). The van der Waals surface area contributed by atoms with Crippen LogP contribution in [0.2, 0.25) is 0 Å². The first-order valence-electron chi connectivity index (χ1n) is 6.68. The minimum Gasteiger partial charge on any atom is -0.311 e. The van der Waals surface area contributed by atoms with E-state index >= 15 is 0 Å². The van der Waals surface area contributed by atoms with Crippen molar-refractivity contribution in [3.05, 3.63) is 0 Å². The van der Waals surface area contributed by atoms with Gasteiger partial charge in [0, 0.05) is 37.0 Å². The van der Waals surface area contributed by atoms with Gasteiger partial charge in [0.2, 0.25) is 0 Å². The maximum Gasteiger partial charge on any atom is 0.0335 e. The molecule has 1 saturated heterocycles. The van der Waals surface area contributed by atoms with E-state index in [-0.39, 0.29) is 0 Å². The van der Waals surface area contributed by atoms with E-state index in [0.29, 0.717) is 11.6 Å². The zero-order chi connectivity index (χ0) is 11.6. The van der Waals surface area contributed by atoms with Gasteiger partial charge in [0.15, 0.2) is 0 Å². The second kappa shape index (κ2) is 5.28. The Kier molecular flexibility index (Phi) is 4.20. The number of nitrogens with zero attached hydrogens (tertiary/aromatic N) is 1. The van der Waals surface area contributed by atoms with Gasteiger partial charge >= 0.3 is 0 Å². The van der Waals surface area contributed by atoms with E-state index in [9.17, 15) is 0 Å². The molecule has 0 amide bonds. The Balaban J connectivity index is 1.98. The van der Waals surface area contributed by atoms with E-state index in [1.165, 1.54) is 44.6 Å². The van der Waals surface area contributed by atoms with Crippen molar-refractivity contribution in [2.45, 2.75) is 44.7 Å². The highest BCUT2D eigenvalue weighted by Crippen LogP contribution is 2.44. The molecule has 1 aliphatic heterocycles. The van der Waals surface area contributed by atoms with Gasteiger partial charge in [-0.3, -0.25) is 4.90 Å². The smallest absolute Gasteiger partial charge is 0.0335 e. The predicted octanol–water partition coefficient (Wildman–Crippen LogP) is 2.20. The number of piperazine rings is 1. The van der Waals surface area contributed by atoms with Crippen molar-refractivity contribution in [2.75, 3.05) is 31.6 Å². The minimum absolute atomic E-state index is 0.446. The summed E-state index contributed by atoms with van der Waals surface area (Å²) in [7, 11) is 0. The van der Waals surface area contributed by atoms with Crippen LogP contribution in [0.3, 0.4) is 0 Å². The fraction of sp³-hybridized carbons (Fsp3) is 1.00. The summed E-state index contributed by atoms with van der Waals surface area (Å²) in [4.78, 5) is 2.77. The summed E-state index contributed by atoms with van der Waals surface area (Å²) >= 11 is 1.97. The Hall–Kier alpha value is 0.270. The van der Waals surface area contributed by atoms with E-state index in [0.717, 1.165) is 5.92 Å². The fourth-order valence-electron chi connectivity index (χ4n) is 2.93.